The van der Waals surface area contributed by atoms with Crippen LogP contribution in [0.15, 0.2) is 41.9 Å². The van der Waals surface area contributed by atoms with Crippen LogP contribution >= 0.6 is 0 Å². The Balaban J connectivity index is 2.08. The van der Waals surface area contributed by atoms with E-state index < -0.39 is 11.2 Å². The van der Waals surface area contributed by atoms with Crippen molar-refractivity contribution in [3.05, 3.63) is 53.9 Å². The van der Waals surface area contributed by atoms with Gasteiger partial charge in [0.05, 0.1) is 29.3 Å². The van der Waals surface area contributed by atoms with Crippen molar-refractivity contribution in [2.45, 2.75) is 60.3 Å². The predicted octanol–water partition coefficient (Wildman–Crippen LogP) is 7.57. The van der Waals surface area contributed by atoms with E-state index in [1.165, 1.54) is 6.07 Å². The number of nitrogens with one attached hydrogen (secondary N) is 3. The number of carbonyl (C=O) groups is 1. The third-order valence-electron chi connectivity index (χ3n) is 5.74. The molecule has 0 heterocycles. The highest BCUT2D eigenvalue weighted by atomic mass is 19.1. The minimum absolute atomic E-state index is 0.263. The number of hydrogen-bond donors (Lipinski definition) is 3. The van der Waals surface area contributed by atoms with Gasteiger partial charge < -0.3 is 20.7 Å². The number of carbonyl (C=O) groups excluding carboxylic acids is 1. The number of amides is 2. The van der Waals surface area contributed by atoms with Crippen LogP contribution in [-0.2, 0) is 0 Å². The number of halogens is 1. The molecule has 0 unspecified atom stereocenters. The maximum atomic E-state index is 15.1. The maximum absolute atomic E-state index is 15.1. The summed E-state index contributed by atoms with van der Waals surface area (Å²) in [6.45, 7) is 14.4. The summed E-state index contributed by atoms with van der Waals surface area (Å²) in [5.74, 6) is -0.0381. The summed E-state index contributed by atoms with van der Waals surface area (Å²) in [5, 5.41) is 17.8. The number of nitrogens with zero attached hydrogens (tertiary/aromatic N) is 2. The zero-order valence-corrected chi connectivity index (χ0v) is 22.5. The summed E-state index contributed by atoms with van der Waals surface area (Å²) >= 11 is 0. The van der Waals surface area contributed by atoms with Gasteiger partial charge in [-0.25, -0.2) is 9.18 Å². The topological polar surface area (TPSA) is 98.5 Å². The molecule has 2 aromatic rings. The lowest BCUT2D eigenvalue weighted by Gasteiger charge is -2.17. The largest absolute Gasteiger partial charge is 0.493 e. The molecule has 0 saturated heterocycles. The molecule has 0 spiro atoms. The predicted molar refractivity (Wildman–Crippen MR) is 150 cm³/mol. The van der Waals surface area contributed by atoms with E-state index >= 15 is 4.39 Å². The van der Waals surface area contributed by atoms with Crippen molar-refractivity contribution in [3.8, 4) is 11.8 Å². The molecule has 0 bridgehead atoms. The van der Waals surface area contributed by atoms with Crippen molar-refractivity contribution in [2.24, 2.45) is 10.4 Å². The lowest BCUT2D eigenvalue weighted by Crippen LogP contribution is -2.31. The number of nitriles is 1. The van der Waals surface area contributed by atoms with Gasteiger partial charge in [0.15, 0.2) is 0 Å². The number of hydrogen-bond acceptors (Lipinski definition) is 5. The Morgan fingerprint density at radius 1 is 1.24 bits per heavy atom. The zero-order chi connectivity index (χ0) is 27.4. The van der Waals surface area contributed by atoms with Gasteiger partial charge in [0.1, 0.15) is 11.6 Å². The molecule has 37 heavy (non-hydrogen) atoms. The standard InChI is InChI=1S/C29H38FN5O2/c1-7-9-10-15-37-23-17-24(30)27(26(18-23)32-8-2)21(4)34-22-11-12-25(20(3)16-22)35-28(36)33-14-13-29(5,6)19-31/h8,11-12,16-18,34H,4,7,9-10,13-15H2,1-3,5-6H3,(H2,33,35,36). The molecular formula is C29H38FN5O2. The molecule has 0 atom stereocenters. The molecule has 2 amide bonds. The van der Waals surface area contributed by atoms with Gasteiger partial charge in [-0.15, -0.1) is 0 Å². The van der Waals surface area contributed by atoms with Crippen LogP contribution in [0.4, 0.5) is 26.2 Å². The van der Waals surface area contributed by atoms with E-state index in [1.807, 2.05) is 26.8 Å². The molecule has 0 aromatic heterocycles. The van der Waals surface area contributed by atoms with E-state index in [1.54, 1.807) is 31.3 Å². The second-order valence-electron chi connectivity index (χ2n) is 9.50. The fraction of sp³-hybridized carbons (Fsp3) is 0.414. The molecule has 8 heteroatoms. The molecule has 0 aliphatic carbocycles. The lowest BCUT2D eigenvalue weighted by atomic mass is 9.92. The summed E-state index contributed by atoms with van der Waals surface area (Å²) in [4.78, 5) is 16.6. The Labute approximate surface area is 219 Å². The fourth-order valence-corrected chi connectivity index (χ4v) is 3.56. The Kier molecular flexibility index (Phi) is 11.1. The molecule has 0 fully saturated rings. The Bertz CT molecular complexity index is 1170. The molecule has 7 nitrogen and oxygen atoms in total. The number of ether oxygens (including phenoxy) is 1. The quantitative estimate of drug-likeness (QED) is 0.192. The number of rotatable bonds is 13. The number of urea groups is 1. The first-order chi connectivity index (χ1) is 17.6. The molecule has 0 aliphatic rings. The highest BCUT2D eigenvalue weighted by Crippen LogP contribution is 2.34. The van der Waals surface area contributed by atoms with Crippen LogP contribution in [0, 0.1) is 29.5 Å². The first kappa shape index (κ1) is 29.4. The van der Waals surface area contributed by atoms with Gasteiger partial charge in [0.2, 0.25) is 0 Å². The first-order valence-electron chi connectivity index (χ1n) is 12.6. The van der Waals surface area contributed by atoms with Crippen LogP contribution in [0.2, 0.25) is 0 Å². The summed E-state index contributed by atoms with van der Waals surface area (Å²) in [6.07, 6.45) is 5.20. The minimum Gasteiger partial charge on any atom is -0.493 e. The van der Waals surface area contributed by atoms with Crippen LogP contribution in [0.3, 0.4) is 0 Å². The van der Waals surface area contributed by atoms with Crippen LogP contribution in [-0.4, -0.2) is 25.4 Å². The summed E-state index contributed by atoms with van der Waals surface area (Å²) in [5.41, 5.74) is 2.69. The normalized spacial score (nSPS) is 11.2. The molecule has 3 N–H and O–H groups in total. The van der Waals surface area contributed by atoms with Gasteiger partial charge >= 0.3 is 6.03 Å². The van der Waals surface area contributed by atoms with Gasteiger partial charge in [0.25, 0.3) is 0 Å². The number of anilines is 2. The van der Waals surface area contributed by atoms with Crippen molar-refractivity contribution >= 4 is 35.0 Å². The fourth-order valence-electron chi connectivity index (χ4n) is 3.56. The number of unbranched alkanes of at least 4 members (excludes halogenated alkanes) is 2. The van der Waals surface area contributed by atoms with Gasteiger partial charge in [-0.3, -0.25) is 4.99 Å². The molecule has 0 saturated carbocycles. The molecular weight excluding hydrogens is 469 g/mol. The molecule has 0 radical (unpaired) electrons. The average Bonchev–Trinajstić information content (AvgIpc) is 2.83. The van der Waals surface area contributed by atoms with Crippen LogP contribution < -0.4 is 20.7 Å². The van der Waals surface area contributed by atoms with E-state index in [2.05, 4.69) is 40.5 Å². The molecule has 198 valence electrons. The Morgan fingerprint density at radius 3 is 2.65 bits per heavy atom. The second kappa shape index (κ2) is 14.0. The highest BCUT2D eigenvalue weighted by Gasteiger charge is 2.17. The van der Waals surface area contributed by atoms with E-state index in [-0.39, 0.29) is 11.6 Å². The molecule has 2 aromatic carbocycles. The summed E-state index contributed by atoms with van der Waals surface area (Å²) < 4.78 is 20.8. The van der Waals surface area contributed by atoms with Crippen LogP contribution in [0.5, 0.6) is 5.75 Å². The number of benzene rings is 2. The minimum atomic E-state index is -0.497. The van der Waals surface area contributed by atoms with Gasteiger partial charge in [-0.1, -0.05) is 26.3 Å². The van der Waals surface area contributed by atoms with E-state index in [4.69, 9.17) is 10.00 Å². The molecule has 2 rings (SSSR count). The first-order valence-corrected chi connectivity index (χ1v) is 12.6. The lowest BCUT2D eigenvalue weighted by molar-refractivity contribution is 0.251. The van der Waals surface area contributed by atoms with Crippen LogP contribution in [0.25, 0.3) is 5.70 Å². The van der Waals surface area contributed by atoms with Gasteiger partial charge in [-0.2, -0.15) is 5.26 Å². The van der Waals surface area contributed by atoms with Crippen molar-refractivity contribution in [1.82, 2.24) is 5.32 Å². The number of aliphatic imine (C=N–C) groups is 1. The van der Waals surface area contributed by atoms with Crippen molar-refractivity contribution < 1.29 is 13.9 Å². The molecule has 0 aliphatic heterocycles. The van der Waals surface area contributed by atoms with E-state index in [0.29, 0.717) is 48.1 Å². The van der Waals surface area contributed by atoms with Crippen molar-refractivity contribution in [1.29, 1.82) is 5.26 Å². The summed E-state index contributed by atoms with van der Waals surface area (Å²) in [7, 11) is 0. The van der Waals surface area contributed by atoms with E-state index in [0.717, 1.165) is 24.8 Å². The second-order valence-corrected chi connectivity index (χ2v) is 9.50. The van der Waals surface area contributed by atoms with E-state index in [9.17, 15) is 4.79 Å². The Hall–Kier alpha value is -3.86. The van der Waals surface area contributed by atoms with Crippen molar-refractivity contribution in [3.63, 3.8) is 0 Å². The van der Waals surface area contributed by atoms with Crippen molar-refractivity contribution in [2.75, 3.05) is 23.8 Å². The zero-order valence-electron chi connectivity index (χ0n) is 22.5. The number of aryl methyl sites for hydroxylation is 1. The monoisotopic (exact) mass is 507 g/mol. The average molecular weight is 508 g/mol. The third-order valence-corrected chi connectivity index (χ3v) is 5.74. The van der Waals surface area contributed by atoms with Crippen LogP contribution in [0.1, 0.15) is 64.5 Å². The van der Waals surface area contributed by atoms with Gasteiger partial charge in [0, 0.05) is 42.0 Å². The SMILES string of the molecule is C=C(Nc1ccc(NC(=O)NCCC(C)(C)C#N)c(C)c1)c1c(F)cc(OCCCCC)cc1N=CC. The third kappa shape index (κ3) is 9.26. The Morgan fingerprint density at radius 2 is 2.00 bits per heavy atom. The highest BCUT2D eigenvalue weighted by molar-refractivity contribution is 5.91. The smallest absolute Gasteiger partial charge is 0.319 e. The maximum Gasteiger partial charge on any atom is 0.319 e. The van der Waals surface area contributed by atoms with Gasteiger partial charge in [-0.05, 0) is 64.3 Å². The summed E-state index contributed by atoms with van der Waals surface area (Å²) in [6, 6.07) is 10.3.